The molecule has 0 amide bonds. The highest BCUT2D eigenvalue weighted by Gasteiger charge is 2.24. The van der Waals surface area contributed by atoms with Crippen LogP contribution in [-0.4, -0.2) is 11.4 Å². The van der Waals surface area contributed by atoms with E-state index in [1.807, 2.05) is 66.7 Å². The van der Waals surface area contributed by atoms with Gasteiger partial charge >= 0.3 is 0 Å². The van der Waals surface area contributed by atoms with Crippen molar-refractivity contribution in [2.24, 2.45) is 9.74 Å². The molecule has 0 atom stereocenters. The first kappa shape index (κ1) is 19.6. The molecule has 0 saturated carbocycles. The Kier molecular flexibility index (Phi) is 5.99. The normalized spacial score (nSPS) is 12.7. The molecule has 0 radical (unpaired) electrons. The molecule has 0 N–H and O–H groups in total. The lowest BCUT2D eigenvalue weighted by Gasteiger charge is -2.21. The Balaban J connectivity index is 2.29. The maximum absolute atomic E-state index is 7.33. The second-order valence-electron chi connectivity index (χ2n) is 7.30. The van der Waals surface area contributed by atoms with Gasteiger partial charge in [0.1, 0.15) is 6.41 Å². The molecule has 0 aliphatic heterocycles. The first-order chi connectivity index (χ1) is 12.9. The predicted octanol–water partition coefficient (Wildman–Crippen LogP) is 6.24. The molecule has 2 nitrogen and oxygen atoms in total. The summed E-state index contributed by atoms with van der Waals surface area (Å²) in [5.41, 5.74) is 0.716. The Morgan fingerprint density at radius 3 is 1.52 bits per heavy atom. The summed E-state index contributed by atoms with van der Waals surface area (Å²) in [6.07, 6.45) is -2.52. The van der Waals surface area contributed by atoms with Gasteiger partial charge < -0.3 is 0 Å². The van der Waals surface area contributed by atoms with E-state index in [4.69, 9.17) is 21.0 Å². The number of aliphatic imine (C=N–C) groups is 1. The summed E-state index contributed by atoms with van der Waals surface area (Å²) in [6.45, 7) is 6.22. The Morgan fingerprint density at radius 2 is 1.11 bits per heavy atom. The molecule has 0 fully saturated rings. The molecular formula is C23H24ClN2P. The molecule has 0 aliphatic rings. The van der Waals surface area contributed by atoms with Crippen LogP contribution in [0.4, 0.5) is 0 Å². The zero-order valence-electron chi connectivity index (χ0n) is 15.9. The predicted molar refractivity (Wildman–Crippen MR) is 120 cm³/mol. The summed E-state index contributed by atoms with van der Waals surface area (Å²) in [5, 5.41) is 2.05. The number of hydrogen-bond donors (Lipinski definition) is 0. The summed E-state index contributed by atoms with van der Waals surface area (Å²) in [6, 6.07) is 30.3. The highest BCUT2D eigenvalue weighted by Crippen LogP contribution is 2.53. The Labute approximate surface area is 166 Å². The van der Waals surface area contributed by atoms with Crippen molar-refractivity contribution in [1.29, 1.82) is 0 Å². The van der Waals surface area contributed by atoms with E-state index >= 15 is 0 Å². The van der Waals surface area contributed by atoms with E-state index in [0.717, 1.165) is 16.2 Å². The van der Waals surface area contributed by atoms with Crippen LogP contribution in [0.25, 0.3) is 0 Å². The van der Waals surface area contributed by atoms with Crippen molar-refractivity contribution in [3.8, 4) is 0 Å². The van der Waals surface area contributed by atoms with E-state index in [1.54, 1.807) is 0 Å². The molecule has 0 unspecified atom stereocenters. The van der Waals surface area contributed by atoms with Gasteiger partial charge in [0.05, 0.1) is 5.54 Å². The zero-order chi connectivity index (χ0) is 19.3. The SMILES string of the molecule is CC(C)(C)N=C(N=P(Cl)(c1ccccc1)c1ccccc1)c1ccccc1. The van der Waals surface area contributed by atoms with Gasteiger partial charge in [0.25, 0.3) is 0 Å². The second-order valence-corrected chi connectivity index (χ2v) is 11.1. The van der Waals surface area contributed by atoms with Gasteiger partial charge in [-0.15, -0.1) is 0 Å². The minimum absolute atomic E-state index is 0.260. The van der Waals surface area contributed by atoms with Crippen molar-refractivity contribution in [3.05, 3.63) is 96.6 Å². The van der Waals surface area contributed by atoms with Gasteiger partial charge in [0, 0.05) is 16.2 Å². The van der Waals surface area contributed by atoms with E-state index < -0.39 is 6.41 Å². The first-order valence-corrected chi connectivity index (χ1v) is 11.6. The van der Waals surface area contributed by atoms with Crippen molar-refractivity contribution < 1.29 is 0 Å². The Hall–Kier alpha value is -2.15. The third-order valence-electron chi connectivity index (χ3n) is 3.90. The smallest absolute Gasteiger partial charge is 0.155 e. The maximum Gasteiger partial charge on any atom is 0.155 e. The fourth-order valence-electron chi connectivity index (χ4n) is 2.70. The van der Waals surface area contributed by atoms with Gasteiger partial charge in [0.2, 0.25) is 0 Å². The average molecular weight is 395 g/mol. The Bertz CT molecular complexity index is 916. The van der Waals surface area contributed by atoms with E-state index in [9.17, 15) is 0 Å². The van der Waals surface area contributed by atoms with E-state index in [-0.39, 0.29) is 5.54 Å². The van der Waals surface area contributed by atoms with E-state index in [2.05, 4.69) is 45.0 Å². The lowest BCUT2D eigenvalue weighted by atomic mass is 10.1. The highest BCUT2D eigenvalue weighted by atomic mass is 35.7. The second kappa shape index (κ2) is 8.25. The largest absolute Gasteiger partial charge is 0.260 e. The minimum Gasteiger partial charge on any atom is -0.260 e. The van der Waals surface area contributed by atoms with Crippen molar-refractivity contribution >= 4 is 34.1 Å². The number of rotatable bonds is 3. The lowest BCUT2D eigenvalue weighted by Crippen LogP contribution is -2.17. The number of hydrogen-bond acceptors (Lipinski definition) is 1. The van der Waals surface area contributed by atoms with Crippen LogP contribution in [0, 0.1) is 0 Å². The molecule has 0 heterocycles. The third-order valence-corrected chi connectivity index (χ3v) is 7.73. The number of nitrogens with zero attached hydrogens (tertiary/aromatic N) is 2. The molecule has 3 aromatic rings. The van der Waals surface area contributed by atoms with Gasteiger partial charge in [-0.25, -0.2) is 4.74 Å². The average Bonchev–Trinajstić information content (AvgIpc) is 2.68. The molecule has 3 aromatic carbocycles. The molecule has 4 heteroatoms. The lowest BCUT2D eigenvalue weighted by molar-refractivity contribution is 0.583. The molecule has 0 bridgehead atoms. The fourth-order valence-corrected chi connectivity index (χ4v) is 5.67. The van der Waals surface area contributed by atoms with Gasteiger partial charge in [-0.3, -0.25) is 4.99 Å². The zero-order valence-corrected chi connectivity index (χ0v) is 17.5. The van der Waals surface area contributed by atoms with Crippen LogP contribution >= 0.6 is 17.6 Å². The number of benzene rings is 3. The summed E-state index contributed by atoms with van der Waals surface area (Å²) in [7, 11) is 0. The summed E-state index contributed by atoms with van der Waals surface area (Å²) in [5.74, 6) is 0.694. The first-order valence-electron chi connectivity index (χ1n) is 8.97. The van der Waals surface area contributed by atoms with Crippen LogP contribution in [0.5, 0.6) is 0 Å². The van der Waals surface area contributed by atoms with Crippen LogP contribution in [0.2, 0.25) is 0 Å². The molecule has 3 rings (SSSR count). The topological polar surface area (TPSA) is 24.7 Å². The molecule has 0 saturated heterocycles. The standard InChI is InChI=1S/C23H24ClN2P/c1-23(2,3)25-22(19-13-7-4-8-14-19)26-27(24,20-15-9-5-10-16-20)21-17-11-6-12-18-21/h4-18H,1-3H3. The fraction of sp³-hybridized carbons (Fsp3) is 0.174. The van der Waals surface area contributed by atoms with Crippen molar-refractivity contribution in [1.82, 2.24) is 0 Å². The van der Waals surface area contributed by atoms with Crippen LogP contribution < -0.4 is 10.6 Å². The summed E-state index contributed by atoms with van der Waals surface area (Å²) < 4.78 is 5.13. The maximum atomic E-state index is 7.33. The number of amidine groups is 1. The molecule has 0 aliphatic carbocycles. The van der Waals surface area contributed by atoms with Crippen LogP contribution in [-0.2, 0) is 0 Å². The quantitative estimate of drug-likeness (QED) is 0.285. The summed E-state index contributed by atoms with van der Waals surface area (Å²) >= 11 is 7.33. The van der Waals surface area contributed by atoms with Gasteiger partial charge in [-0.05, 0) is 20.8 Å². The summed E-state index contributed by atoms with van der Waals surface area (Å²) in [4.78, 5) is 4.91. The van der Waals surface area contributed by atoms with Crippen LogP contribution in [0.3, 0.4) is 0 Å². The molecular weight excluding hydrogens is 371 g/mol. The highest BCUT2D eigenvalue weighted by molar-refractivity contribution is 8.02. The van der Waals surface area contributed by atoms with Gasteiger partial charge in [-0.2, -0.15) is 0 Å². The number of halogens is 1. The molecule has 138 valence electrons. The molecule has 27 heavy (non-hydrogen) atoms. The van der Waals surface area contributed by atoms with Gasteiger partial charge in [0.15, 0.2) is 5.84 Å². The van der Waals surface area contributed by atoms with Crippen LogP contribution in [0.15, 0.2) is 101 Å². The van der Waals surface area contributed by atoms with Crippen molar-refractivity contribution in [3.63, 3.8) is 0 Å². The third kappa shape index (κ3) is 4.97. The van der Waals surface area contributed by atoms with Crippen LogP contribution in [0.1, 0.15) is 26.3 Å². The molecule has 0 aromatic heterocycles. The van der Waals surface area contributed by atoms with E-state index in [0.29, 0.717) is 5.84 Å². The minimum atomic E-state index is -2.52. The molecule has 0 spiro atoms. The van der Waals surface area contributed by atoms with Gasteiger partial charge in [-0.1, -0.05) is 102 Å². The van der Waals surface area contributed by atoms with E-state index in [1.165, 1.54) is 0 Å². The monoisotopic (exact) mass is 394 g/mol. The Morgan fingerprint density at radius 1 is 0.704 bits per heavy atom. The van der Waals surface area contributed by atoms with Crippen molar-refractivity contribution in [2.45, 2.75) is 26.3 Å². The van der Waals surface area contributed by atoms with Crippen molar-refractivity contribution in [2.75, 3.05) is 0 Å².